The molecule has 3 rings (SSSR count). The smallest absolute Gasteiger partial charge is 0.245 e. The summed E-state index contributed by atoms with van der Waals surface area (Å²) in [6.07, 6.45) is 3.67. The van der Waals surface area contributed by atoms with Crippen LogP contribution in [0.4, 0.5) is 0 Å². The standard InChI is InChI=1S/C15H17Cl2N3O3S/c1-24(22,23)13-18-10-19-20(13)9-15(21,14(17)6-7-14)8-11-4-2-3-5-12(11)16/h2-5,10,21H,6-9H2,1H3. The molecule has 0 saturated heterocycles. The topological polar surface area (TPSA) is 85.1 Å². The van der Waals surface area contributed by atoms with Crippen LogP contribution in [0.3, 0.4) is 0 Å². The van der Waals surface area contributed by atoms with Crippen LogP contribution in [0.5, 0.6) is 0 Å². The summed E-state index contributed by atoms with van der Waals surface area (Å²) in [5.41, 5.74) is -0.651. The van der Waals surface area contributed by atoms with Gasteiger partial charge in [0.1, 0.15) is 11.9 Å². The molecule has 0 bridgehead atoms. The highest BCUT2D eigenvalue weighted by molar-refractivity contribution is 7.90. The molecule has 1 fully saturated rings. The summed E-state index contributed by atoms with van der Waals surface area (Å²) >= 11 is 12.7. The minimum absolute atomic E-state index is 0.0792. The first kappa shape index (κ1) is 17.7. The maximum absolute atomic E-state index is 11.8. The Hall–Kier alpha value is -1.15. The van der Waals surface area contributed by atoms with Crippen molar-refractivity contribution in [2.75, 3.05) is 6.26 Å². The van der Waals surface area contributed by atoms with E-state index in [2.05, 4.69) is 10.1 Å². The molecule has 6 nitrogen and oxygen atoms in total. The molecule has 0 spiro atoms. The maximum Gasteiger partial charge on any atom is 0.245 e. The molecular weight excluding hydrogens is 373 g/mol. The van der Waals surface area contributed by atoms with Crippen LogP contribution in [0.1, 0.15) is 18.4 Å². The SMILES string of the molecule is CS(=O)(=O)c1ncnn1CC(O)(Cc1ccccc1Cl)C1(Cl)CC1. The van der Waals surface area contributed by atoms with E-state index >= 15 is 0 Å². The summed E-state index contributed by atoms with van der Waals surface area (Å²) in [5.74, 6) is 0. The van der Waals surface area contributed by atoms with Gasteiger partial charge in [0.25, 0.3) is 0 Å². The third-order valence-electron chi connectivity index (χ3n) is 4.29. The van der Waals surface area contributed by atoms with Crippen molar-refractivity contribution in [1.29, 1.82) is 0 Å². The Morgan fingerprint density at radius 3 is 2.62 bits per heavy atom. The van der Waals surface area contributed by atoms with Gasteiger partial charge in [-0.3, -0.25) is 0 Å². The molecule has 0 radical (unpaired) electrons. The fourth-order valence-electron chi connectivity index (χ4n) is 2.78. The molecule has 1 aromatic carbocycles. The fourth-order valence-corrected chi connectivity index (χ4v) is 3.94. The number of nitrogens with zero attached hydrogens (tertiary/aromatic N) is 3. The number of aliphatic hydroxyl groups is 1. The molecular formula is C15H17Cl2N3O3S. The van der Waals surface area contributed by atoms with Crippen molar-refractivity contribution >= 4 is 33.0 Å². The van der Waals surface area contributed by atoms with Crippen molar-refractivity contribution < 1.29 is 13.5 Å². The Labute approximate surface area is 150 Å². The van der Waals surface area contributed by atoms with E-state index in [1.54, 1.807) is 12.1 Å². The van der Waals surface area contributed by atoms with Crippen molar-refractivity contribution in [3.63, 3.8) is 0 Å². The van der Waals surface area contributed by atoms with Gasteiger partial charge in [0, 0.05) is 17.7 Å². The van der Waals surface area contributed by atoms with E-state index in [0.717, 1.165) is 18.1 Å². The van der Waals surface area contributed by atoms with Crippen LogP contribution in [0.2, 0.25) is 5.02 Å². The van der Waals surface area contributed by atoms with E-state index in [0.29, 0.717) is 17.9 Å². The lowest BCUT2D eigenvalue weighted by atomic mass is 9.89. The summed E-state index contributed by atoms with van der Waals surface area (Å²) in [6, 6.07) is 7.18. The minimum Gasteiger partial charge on any atom is -0.386 e. The van der Waals surface area contributed by atoms with Crippen molar-refractivity contribution in [2.45, 2.75) is 41.4 Å². The van der Waals surface area contributed by atoms with Crippen LogP contribution < -0.4 is 0 Å². The summed E-state index contributed by atoms with van der Waals surface area (Å²) in [4.78, 5) is 2.96. The summed E-state index contributed by atoms with van der Waals surface area (Å²) < 4.78 is 24.8. The Bertz CT molecular complexity index is 864. The first-order valence-corrected chi connectivity index (χ1v) is 10.0. The van der Waals surface area contributed by atoms with Crippen molar-refractivity contribution in [1.82, 2.24) is 14.8 Å². The Kier molecular flexibility index (Phi) is 4.40. The zero-order valence-corrected chi connectivity index (χ0v) is 15.3. The van der Waals surface area contributed by atoms with Crippen LogP contribution in [0, 0.1) is 0 Å². The monoisotopic (exact) mass is 389 g/mol. The molecule has 2 aromatic rings. The molecule has 9 heteroatoms. The molecule has 0 aliphatic heterocycles. The average Bonchev–Trinajstić information content (AvgIpc) is 3.07. The number of rotatable bonds is 6. The van der Waals surface area contributed by atoms with Crippen molar-refractivity contribution in [2.24, 2.45) is 0 Å². The van der Waals surface area contributed by atoms with Crippen LogP contribution in [0.15, 0.2) is 35.7 Å². The highest BCUT2D eigenvalue weighted by Gasteiger charge is 2.58. The molecule has 0 amide bonds. The third kappa shape index (κ3) is 3.31. The highest BCUT2D eigenvalue weighted by Crippen LogP contribution is 2.53. The largest absolute Gasteiger partial charge is 0.386 e. The number of hydrogen-bond donors (Lipinski definition) is 1. The lowest BCUT2D eigenvalue weighted by molar-refractivity contribution is 0.00513. The van der Waals surface area contributed by atoms with Gasteiger partial charge in [-0.15, -0.1) is 11.6 Å². The average molecular weight is 390 g/mol. The Morgan fingerprint density at radius 1 is 1.38 bits per heavy atom. The fraction of sp³-hybridized carbons (Fsp3) is 0.467. The number of halogens is 2. The summed E-state index contributed by atoms with van der Waals surface area (Å²) in [5, 5.41) is 15.6. The number of aromatic nitrogens is 3. The molecule has 1 atom stereocenters. The van der Waals surface area contributed by atoms with Crippen LogP contribution >= 0.6 is 23.2 Å². The van der Waals surface area contributed by atoms with Crippen molar-refractivity contribution in [3.05, 3.63) is 41.2 Å². The van der Waals surface area contributed by atoms with Gasteiger partial charge in [-0.05, 0) is 24.5 Å². The van der Waals surface area contributed by atoms with Gasteiger partial charge in [-0.1, -0.05) is 29.8 Å². The van der Waals surface area contributed by atoms with Gasteiger partial charge < -0.3 is 5.11 Å². The molecule has 130 valence electrons. The van der Waals surface area contributed by atoms with Crippen LogP contribution in [-0.2, 0) is 22.8 Å². The van der Waals surface area contributed by atoms with Gasteiger partial charge in [-0.25, -0.2) is 18.1 Å². The summed E-state index contributed by atoms with van der Waals surface area (Å²) in [6.45, 7) is -0.0792. The van der Waals surface area contributed by atoms with E-state index in [9.17, 15) is 13.5 Å². The van der Waals surface area contributed by atoms with Gasteiger partial charge in [0.05, 0.1) is 11.4 Å². The quantitative estimate of drug-likeness (QED) is 0.764. The lowest BCUT2D eigenvalue weighted by Gasteiger charge is -2.33. The molecule has 1 aliphatic rings. The van der Waals surface area contributed by atoms with E-state index < -0.39 is 20.3 Å². The van der Waals surface area contributed by atoms with Crippen LogP contribution in [0.25, 0.3) is 0 Å². The Morgan fingerprint density at radius 2 is 2.04 bits per heavy atom. The Balaban J connectivity index is 1.97. The van der Waals surface area contributed by atoms with Gasteiger partial charge in [0.15, 0.2) is 0 Å². The maximum atomic E-state index is 11.8. The van der Waals surface area contributed by atoms with E-state index in [4.69, 9.17) is 23.2 Å². The molecule has 24 heavy (non-hydrogen) atoms. The molecule has 1 N–H and O–H groups in total. The molecule has 1 aromatic heterocycles. The van der Waals surface area contributed by atoms with E-state index in [-0.39, 0.29) is 18.1 Å². The second-order valence-electron chi connectivity index (χ2n) is 6.24. The molecule has 1 aliphatic carbocycles. The van der Waals surface area contributed by atoms with Gasteiger partial charge in [0.2, 0.25) is 15.0 Å². The third-order valence-corrected chi connectivity index (χ3v) is 6.36. The van der Waals surface area contributed by atoms with E-state index in [1.165, 1.54) is 4.68 Å². The second-order valence-corrected chi connectivity index (χ2v) is 9.28. The minimum atomic E-state index is -3.56. The molecule has 1 heterocycles. The number of sulfone groups is 1. The van der Waals surface area contributed by atoms with E-state index in [1.807, 2.05) is 12.1 Å². The first-order valence-electron chi connectivity index (χ1n) is 7.37. The normalized spacial score (nSPS) is 19.0. The summed E-state index contributed by atoms with van der Waals surface area (Å²) in [7, 11) is -3.56. The van der Waals surface area contributed by atoms with Gasteiger partial charge in [-0.2, -0.15) is 5.10 Å². The second kappa shape index (κ2) is 5.98. The highest BCUT2D eigenvalue weighted by atomic mass is 35.5. The lowest BCUT2D eigenvalue weighted by Crippen LogP contribution is -2.47. The number of alkyl halides is 1. The number of hydrogen-bond acceptors (Lipinski definition) is 5. The van der Waals surface area contributed by atoms with Crippen LogP contribution in [-0.4, -0.2) is 45.0 Å². The first-order chi connectivity index (χ1) is 11.1. The van der Waals surface area contributed by atoms with Crippen molar-refractivity contribution in [3.8, 4) is 0 Å². The zero-order chi connectivity index (χ0) is 17.6. The predicted octanol–water partition coefficient (Wildman–Crippen LogP) is 2.08. The molecule has 1 unspecified atom stereocenters. The van der Waals surface area contributed by atoms with Gasteiger partial charge >= 0.3 is 0 Å². The zero-order valence-electron chi connectivity index (χ0n) is 13.0. The molecule has 1 saturated carbocycles. The number of benzene rings is 1. The predicted molar refractivity (Wildman–Crippen MR) is 91.1 cm³/mol.